The van der Waals surface area contributed by atoms with Gasteiger partial charge in [0.05, 0.1) is 6.61 Å². The Hall–Kier alpha value is -1.06. The van der Waals surface area contributed by atoms with Crippen molar-refractivity contribution in [2.45, 2.75) is 19.8 Å². The van der Waals surface area contributed by atoms with Crippen LogP contribution in [0.15, 0.2) is 45.4 Å². The van der Waals surface area contributed by atoms with Crippen molar-refractivity contribution < 1.29 is 9.53 Å². The number of carbonyl (C=O) groups is 1. The first-order valence-corrected chi connectivity index (χ1v) is 7.32. The van der Waals surface area contributed by atoms with Gasteiger partial charge in [0.2, 0.25) is 0 Å². The Morgan fingerprint density at radius 2 is 2.05 bits per heavy atom. The lowest BCUT2D eigenvalue weighted by atomic mass is 9.92. The van der Waals surface area contributed by atoms with Crippen molar-refractivity contribution >= 4 is 39.1 Å². The molecule has 0 amide bonds. The van der Waals surface area contributed by atoms with Gasteiger partial charge in [-0.25, -0.2) is 4.79 Å². The third-order valence-electron chi connectivity index (χ3n) is 2.91. The number of hydrogen-bond donors (Lipinski definition) is 0. The fraction of sp³-hybridized carbons (Fsp3) is 0.267. The molecule has 0 unspecified atom stereocenters. The highest BCUT2D eigenvalue weighted by molar-refractivity contribution is 9.10. The van der Waals surface area contributed by atoms with E-state index >= 15 is 0 Å². The molecule has 2 rings (SSSR count). The average molecular weight is 342 g/mol. The van der Waals surface area contributed by atoms with Crippen molar-refractivity contribution in [2.75, 3.05) is 6.61 Å². The van der Waals surface area contributed by atoms with Crippen LogP contribution in [-0.4, -0.2) is 12.6 Å². The highest BCUT2D eigenvalue weighted by Crippen LogP contribution is 2.36. The van der Waals surface area contributed by atoms with Gasteiger partial charge in [0.1, 0.15) is 0 Å². The minimum atomic E-state index is -0.272. The van der Waals surface area contributed by atoms with Crippen LogP contribution in [0.2, 0.25) is 0 Å². The van der Waals surface area contributed by atoms with E-state index in [1.165, 1.54) is 0 Å². The largest absolute Gasteiger partial charge is 0.463 e. The molecule has 0 atom stereocenters. The standard InChI is InChI=1S/C15H14BrClO2/c1-2-19-15(18)12-4-3-5-13(17)14(12)10-6-8-11(16)9-7-10/h5-9H,2-4H2,1H3. The van der Waals surface area contributed by atoms with E-state index < -0.39 is 0 Å². The molecule has 0 aliphatic heterocycles. The SMILES string of the molecule is CCOC(=O)C1=C(c2ccc(Br)cc2)C(Cl)=CCC1. The van der Waals surface area contributed by atoms with Gasteiger partial charge in [-0.3, -0.25) is 0 Å². The van der Waals surface area contributed by atoms with Crippen molar-refractivity contribution in [3.8, 4) is 0 Å². The summed E-state index contributed by atoms with van der Waals surface area (Å²) in [5.41, 5.74) is 2.39. The summed E-state index contributed by atoms with van der Waals surface area (Å²) in [5.74, 6) is -0.272. The highest BCUT2D eigenvalue weighted by Gasteiger charge is 2.22. The van der Waals surface area contributed by atoms with Crippen LogP contribution in [0.5, 0.6) is 0 Å². The van der Waals surface area contributed by atoms with Gasteiger partial charge >= 0.3 is 5.97 Å². The lowest BCUT2D eigenvalue weighted by Gasteiger charge is -2.18. The Bertz CT molecular complexity index is 544. The van der Waals surface area contributed by atoms with Crippen LogP contribution in [0.25, 0.3) is 5.57 Å². The number of allylic oxidation sites excluding steroid dienone is 3. The molecule has 0 spiro atoms. The summed E-state index contributed by atoms with van der Waals surface area (Å²) in [6, 6.07) is 7.76. The average Bonchev–Trinajstić information content (AvgIpc) is 2.40. The van der Waals surface area contributed by atoms with E-state index in [1.807, 2.05) is 30.3 Å². The molecule has 1 aromatic carbocycles. The van der Waals surface area contributed by atoms with E-state index in [2.05, 4.69) is 15.9 Å². The Balaban J connectivity index is 2.48. The predicted molar refractivity (Wildman–Crippen MR) is 80.9 cm³/mol. The van der Waals surface area contributed by atoms with Gasteiger partial charge < -0.3 is 4.74 Å². The van der Waals surface area contributed by atoms with E-state index in [1.54, 1.807) is 6.92 Å². The van der Waals surface area contributed by atoms with Crippen molar-refractivity contribution in [1.29, 1.82) is 0 Å². The molecule has 2 nitrogen and oxygen atoms in total. The minimum Gasteiger partial charge on any atom is -0.463 e. The number of ether oxygens (including phenoxy) is 1. The van der Waals surface area contributed by atoms with Crippen molar-refractivity contribution in [3.63, 3.8) is 0 Å². The number of esters is 1. The van der Waals surface area contributed by atoms with Gasteiger partial charge in [0.15, 0.2) is 0 Å². The van der Waals surface area contributed by atoms with Crippen molar-refractivity contribution in [2.24, 2.45) is 0 Å². The molecule has 0 saturated heterocycles. The van der Waals surface area contributed by atoms with Crippen LogP contribution in [0, 0.1) is 0 Å². The molecule has 0 bridgehead atoms. The van der Waals surface area contributed by atoms with E-state index in [0.717, 1.165) is 22.0 Å². The van der Waals surface area contributed by atoms with Crippen LogP contribution in [0.1, 0.15) is 25.3 Å². The monoisotopic (exact) mass is 340 g/mol. The summed E-state index contributed by atoms with van der Waals surface area (Å²) in [6.45, 7) is 2.18. The summed E-state index contributed by atoms with van der Waals surface area (Å²) >= 11 is 9.68. The summed E-state index contributed by atoms with van der Waals surface area (Å²) in [5, 5.41) is 0.622. The maximum atomic E-state index is 12.0. The lowest BCUT2D eigenvalue weighted by molar-refractivity contribution is -0.138. The summed E-state index contributed by atoms with van der Waals surface area (Å²) in [4.78, 5) is 12.0. The van der Waals surface area contributed by atoms with Gasteiger partial charge in [0, 0.05) is 20.7 Å². The highest BCUT2D eigenvalue weighted by atomic mass is 79.9. The third kappa shape index (κ3) is 3.28. The Kier molecular flexibility index (Phi) is 4.83. The van der Waals surface area contributed by atoms with Crippen LogP contribution in [-0.2, 0) is 9.53 Å². The van der Waals surface area contributed by atoms with Crippen LogP contribution in [0.3, 0.4) is 0 Å². The zero-order valence-electron chi connectivity index (χ0n) is 10.6. The molecule has 4 heteroatoms. The molecule has 0 radical (unpaired) electrons. The first-order chi connectivity index (χ1) is 9.13. The molecule has 0 heterocycles. The molecular formula is C15H14BrClO2. The van der Waals surface area contributed by atoms with Gasteiger partial charge in [0.25, 0.3) is 0 Å². The molecule has 1 aliphatic rings. The van der Waals surface area contributed by atoms with E-state index in [0.29, 0.717) is 23.6 Å². The second-order valence-electron chi connectivity index (χ2n) is 4.17. The summed E-state index contributed by atoms with van der Waals surface area (Å²) < 4.78 is 6.10. The number of hydrogen-bond acceptors (Lipinski definition) is 2. The van der Waals surface area contributed by atoms with E-state index in [-0.39, 0.29) is 5.97 Å². The lowest BCUT2D eigenvalue weighted by Crippen LogP contribution is -2.12. The maximum absolute atomic E-state index is 12.0. The Morgan fingerprint density at radius 1 is 1.37 bits per heavy atom. The fourth-order valence-electron chi connectivity index (χ4n) is 2.07. The second-order valence-corrected chi connectivity index (χ2v) is 5.49. The molecule has 1 aromatic rings. The summed E-state index contributed by atoms with van der Waals surface area (Å²) in [6.07, 6.45) is 3.38. The van der Waals surface area contributed by atoms with Crippen LogP contribution >= 0.6 is 27.5 Å². The first kappa shape index (κ1) is 14.4. The molecular weight excluding hydrogens is 328 g/mol. The topological polar surface area (TPSA) is 26.3 Å². The van der Waals surface area contributed by atoms with Crippen LogP contribution in [0.4, 0.5) is 0 Å². The zero-order valence-corrected chi connectivity index (χ0v) is 12.9. The van der Waals surface area contributed by atoms with Crippen molar-refractivity contribution in [3.05, 3.63) is 51.0 Å². The Labute approximate surface area is 126 Å². The number of rotatable bonds is 3. The predicted octanol–water partition coefficient (Wildman–Crippen LogP) is 4.68. The molecule has 100 valence electrons. The van der Waals surface area contributed by atoms with E-state index in [9.17, 15) is 4.79 Å². The number of carbonyl (C=O) groups excluding carboxylic acids is 1. The molecule has 1 aliphatic carbocycles. The van der Waals surface area contributed by atoms with Gasteiger partial charge in [-0.15, -0.1) is 0 Å². The normalized spacial score (nSPS) is 15.2. The van der Waals surface area contributed by atoms with E-state index in [4.69, 9.17) is 16.3 Å². The number of benzene rings is 1. The fourth-order valence-corrected chi connectivity index (χ4v) is 2.66. The summed E-state index contributed by atoms with van der Waals surface area (Å²) in [7, 11) is 0. The first-order valence-electron chi connectivity index (χ1n) is 6.15. The minimum absolute atomic E-state index is 0.272. The quantitative estimate of drug-likeness (QED) is 0.746. The van der Waals surface area contributed by atoms with Gasteiger partial charge in [-0.1, -0.05) is 45.7 Å². The third-order valence-corrected chi connectivity index (χ3v) is 3.79. The smallest absolute Gasteiger partial charge is 0.334 e. The van der Waals surface area contributed by atoms with Gasteiger partial charge in [-0.2, -0.15) is 0 Å². The zero-order chi connectivity index (χ0) is 13.8. The molecule has 0 fully saturated rings. The number of halogens is 2. The second kappa shape index (κ2) is 6.40. The van der Waals surface area contributed by atoms with Crippen molar-refractivity contribution in [1.82, 2.24) is 0 Å². The van der Waals surface area contributed by atoms with Gasteiger partial charge in [-0.05, 0) is 37.5 Å². The Morgan fingerprint density at radius 3 is 2.68 bits per heavy atom. The molecule has 0 aromatic heterocycles. The molecule has 0 saturated carbocycles. The van der Waals surface area contributed by atoms with Crippen LogP contribution < -0.4 is 0 Å². The molecule has 19 heavy (non-hydrogen) atoms. The maximum Gasteiger partial charge on any atom is 0.334 e. The molecule has 0 N–H and O–H groups in total.